The molecule has 2 nitrogen and oxygen atoms in total. The van der Waals surface area contributed by atoms with E-state index in [-0.39, 0.29) is 0 Å². The van der Waals surface area contributed by atoms with E-state index in [2.05, 4.69) is 18.7 Å². The van der Waals surface area contributed by atoms with E-state index in [1.54, 1.807) is 5.54 Å². The Morgan fingerprint density at radius 3 is 2.21 bits per heavy atom. The zero-order chi connectivity index (χ0) is 14.3. The molecule has 1 rings (SSSR count). The number of hydrogen-bond donors (Lipinski definition) is 1. The summed E-state index contributed by atoms with van der Waals surface area (Å²) in [6, 6.07) is 3.90. The van der Waals surface area contributed by atoms with Gasteiger partial charge in [-0.1, -0.05) is 44.4 Å². The average Bonchev–Trinajstić information content (AvgIpc) is 2.41. The largest absolute Gasteiger partial charge is 0.370 e. The molecule has 4 heteroatoms. The number of aryl methyl sites for hydroxylation is 1. The summed E-state index contributed by atoms with van der Waals surface area (Å²) in [5, 5.41) is 0.481. The van der Waals surface area contributed by atoms with Crippen molar-refractivity contribution in [2.45, 2.75) is 46.5 Å². The van der Waals surface area contributed by atoms with Crippen molar-refractivity contribution < 1.29 is 4.48 Å². The molecule has 0 saturated carbocycles. The summed E-state index contributed by atoms with van der Waals surface area (Å²) in [5.74, 6) is 0. The summed E-state index contributed by atoms with van der Waals surface area (Å²) in [4.78, 5) is 2.26. The molecule has 19 heavy (non-hydrogen) atoms. The van der Waals surface area contributed by atoms with Crippen molar-refractivity contribution >= 4 is 23.0 Å². The van der Waals surface area contributed by atoms with E-state index < -0.39 is 0 Å². The summed E-state index contributed by atoms with van der Waals surface area (Å²) in [6.45, 7) is 8.11. The van der Waals surface area contributed by atoms with E-state index in [1.165, 1.54) is 0 Å². The van der Waals surface area contributed by atoms with E-state index in [0.717, 1.165) is 50.0 Å². The SMILES string of the molecule is CCCCN(CCCC)c1ccc(C)c(NF)c1Cl. The minimum absolute atomic E-state index is 0.386. The fourth-order valence-corrected chi connectivity index (χ4v) is 2.44. The van der Waals surface area contributed by atoms with E-state index >= 15 is 0 Å². The van der Waals surface area contributed by atoms with Crippen molar-refractivity contribution in [1.82, 2.24) is 0 Å². The zero-order valence-electron chi connectivity index (χ0n) is 12.1. The fraction of sp³-hybridized carbons (Fsp3) is 0.600. The van der Waals surface area contributed by atoms with Crippen LogP contribution in [0, 0.1) is 6.92 Å². The van der Waals surface area contributed by atoms with Crippen LogP contribution in [0.4, 0.5) is 15.9 Å². The van der Waals surface area contributed by atoms with Crippen LogP contribution in [0.15, 0.2) is 12.1 Å². The van der Waals surface area contributed by atoms with Gasteiger partial charge in [-0.15, -0.1) is 4.48 Å². The van der Waals surface area contributed by atoms with Gasteiger partial charge in [0.2, 0.25) is 0 Å². The number of rotatable bonds is 8. The van der Waals surface area contributed by atoms with Gasteiger partial charge in [-0.3, -0.25) is 0 Å². The monoisotopic (exact) mass is 286 g/mol. The lowest BCUT2D eigenvalue weighted by atomic mass is 10.1. The molecule has 0 bridgehead atoms. The Balaban J connectivity index is 3.00. The molecule has 0 aliphatic heterocycles. The average molecular weight is 287 g/mol. The van der Waals surface area contributed by atoms with Crippen LogP contribution in [0.2, 0.25) is 5.02 Å². The van der Waals surface area contributed by atoms with Crippen molar-refractivity contribution in [3.05, 3.63) is 22.7 Å². The maximum absolute atomic E-state index is 12.8. The Labute approximate surface area is 120 Å². The summed E-state index contributed by atoms with van der Waals surface area (Å²) in [5.41, 5.74) is 3.85. The molecule has 0 saturated heterocycles. The van der Waals surface area contributed by atoms with Gasteiger partial charge in [0.15, 0.2) is 0 Å². The van der Waals surface area contributed by atoms with Gasteiger partial charge in [0.05, 0.1) is 16.4 Å². The van der Waals surface area contributed by atoms with Gasteiger partial charge >= 0.3 is 0 Å². The van der Waals surface area contributed by atoms with Crippen molar-refractivity contribution in [2.24, 2.45) is 0 Å². The van der Waals surface area contributed by atoms with Gasteiger partial charge in [0.25, 0.3) is 0 Å². The predicted molar refractivity (Wildman–Crippen MR) is 82.9 cm³/mol. The van der Waals surface area contributed by atoms with Crippen LogP contribution in [0.3, 0.4) is 0 Å². The number of nitrogens with zero attached hydrogens (tertiary/aromatic N) is 1. The molecule has 108 valence electrons. The highest BCUT2D eigenvalue weighted by Gasteiger charge is 2.14. The lowest BCUT2D eigenvalue weighted by Crippen LogP contribution is -2.26. The van der Waals surface area contributed by atoms with Crippen LogP contribution in [-0.4, -0.2) is 13.1 Å². The summed E-state index contributed by atoms with van der Waals surface area (Å²) in [6.07, 6.45) is 4.51. The van der Waals surface area contributed by atoms with Crippen LogP contribution in [-0.2, 0) is 0 Å². The minimum atomic E-state index is 0.386. The number of benzene rings is 1. The van der Waals surface area contributed by atoms with Crippen molar-refractivity contribution in [3.8, 4) is 0 Å². The first-order valence-corrected chi connectivity index (χ1v) is 7.44. The third-order valence-corrected chi connectivity index (χ3v) is 3.71. The first-order chi connectivity index (χ1) is 9.15. The topological polar surface area (TPSA) is 15.3 Å². The molecule has 1 aromatic carbocycles. The minimum Gasteiger partial charge on any atom is -0.370 e. The summed E-state index contributed by atoms with van der Waals surface area (Å²) < 4.78 is 12.8. The van der Waals surface area contributed by atoms with Crippen LogP contribution in [0.1, 0.15) is 45.1 Å². The second-order valence-electron chi connectivity index (χ2n) is 4.88. The van der Waals surface area contributed by atoms with Crippen LogP contribution in [0.25, 0.3) is 0 Å². The molecule has 0 radical (unpaired) electrons. The quantitative estimate of drug-likeness (QED) is 0.648. The van der Waals surface area contributed by atoms with Gasteiger partial charge < -0.3 is 4.90 Å². The predicted octanol–water partition coefficient (Wildman–Crippen LogP) is 5.35. The standard InChI is InChI=1S/C15H24ClFN2/c1-4-6-10-19(11-7-5-2)13-9-8-12(3)15(18-17)14(13)16/h8-9,18H,4-7,10-11H2,1-3H3. The normalized spacial score (nSPS) is 10.6. The molecule has 0 aromatic heterocycles. The van der Waals surface area contributed by atoms with E-state index in [4.69, 9.17) is 11.6 Å². The molecule has 1 N–H and O–H groups in total. The van der Waals surface area contributed by atoms with E-state index in [9.17, 15) is 4.48 Å². The number of hydrogen-bond acceptors (Lipinski definition) is 2. The Bertz CT molecular complexity index is 388. The summed E-state index contributed by atoms with van der Waals surface area (Å²) >= 11 is 6.32. The Morgan fingerprint density at radius 1 is 1.16 bits per heavy atom. The van der Waals surface area contributed by atoms with Gasteiger partial charge in [-0.05, 0) is 31.4 Å². The first kappa shape index (κ1) is 16.1. The Kier molecular flexibility index (Phi) is 7.00. The van der Waals surface area contributed by atoms with Crippen molar-refractivity contribution in [3.63, 3.8) is 0 Å². The van der Waals surface area contributed by atoms with Gasteiger partial charge in [0, 0.05) is 13.1 Å². The number of unbranched alkanes of at least 4 members (excludes halogenated alkanes) is 2. The Morgan fingerprint density at radius 2 is 1.74 bits per heavy atom. The maximum atomic E-state index is 12.8. The molecule has 0 aliphatic rings. The molecular weight excluding hydrogens is 263 g/mol. The number of halogens is 2. The molecule has 0 spiro atoms. The molecular formula is C15H24ClFN2. The smallest absolute Gasteiger partial charge is 0.0899 e. The maximum Gasteiger partial charge on any atom is 0.0899 e. The van der Waals surface area contributed by atoms with Gasteiger partial charge in [-0.2, -0.15) is 0 Å². The molecule has 0 aliphatic carbocycles. The first-order valence-electron chi connectivity index (χ1n) is 7.06. The van der Waals surface area contributed by atoms with Crippen LogP contribution < -0.4 is 10.4 Å². The highest BCUT2D eigenvalue weighted by Crippen LogP contribution is 2.35. The Hall–Kier alpha value is -0.960. The highest BCUT2D eigenvalue weighted by atomic mass is 35.5. The molecule has 0 unspecified atom stereocenters. The van der Waals surface area contributed by atoms with Gasteiger partial charge in [-0.25, -0.2) is 5.54 Å². The molecule has 0 heterocycles. The third kappa shape index (κ3) is 4.27. The molecule has 0 atom stereocenters. The third-order valence-electron chi connectivity index (χ3n) is 3.33. The molecule has 1 aromatic rings. The lowest BCUT2D eigenvalue weighted by molar-refractivity contribution is 0.616. The van der Waals surface area contributed by atoms with E-state index in [1.807, 2.05) is 19.1 Å². The van der Waals surface area contributed by atoms with Crippen LogP contribution >= 0.6 is 11.6 Å². The van der Waals surface area contributed by atoms with Crippen LogP contribution in [0.5, 0.6) is 0 Å². The van der Waals surface area contributed by atoms with Crippen molar-refractivity contribution in [2.75, 3.05) is 23.5 Å². The van der Waals surface area contributed by atoms with E-state index in [0.29, 0.717) is 10.7 Å². The van der Waals surface area contributed by atoms with Crippen molar-refractivity contribution in [1.29, 1.82) is 0 Å². The second-order valence-corrected chi connectivity index (χ2v) is 5.26. The van der Waals surface area contributed by atoms with Gasteiger partial charge in [0.1, 0.15) is 0 Å². The number of nitrogens with one attached hydrogen (secondary N) is 1. The summed E-state index contributed by atoms with van der Waals surface area (Å²) in [7, 11) is 0. The highest BCUT2D eigenvalue weighted by molar-refractivity contribution is 6.36. The fourth-order valence-electron chi connectivity index (χ4n) is 2.07. The molecule has 0 fully saturated rings. The number of anilines is 2. The lowest BCUT2D eigenvalue weighted by Gasteiger charge is -2.26. The second kappa shape index (κ2) is 8.26. The zero-order valence-corrected chi connectivity index (χ0v) is 12.9. The molecule has 0 amide bonds.